The van der Waals surface area contributed by atoms with E-state index < -0.39 is 0 Å². The zero-order valence-electron chi connectivity index (χ0n) is 74.3. The molecular weight excluding hydrogens is 1570 g/mol. The van der Waals surface area contributed by atoms with Crippen LogP contribution >= 0.6 is 0 Å². The smallest absolute Gasteiger partial charge is 0.258 e. The second kappa shape index (κ2) is 34.3. The fourth-order valence-electron chi connectivity index (χ4n) is 18.2. The van der Waals surface area contributed by atoms with Gasteiger partial charge in [0.1, 0.15) is 39.7 Å². The van der Waals surface area contributed by atoms with E-state index in [-0.39, 0.29) is 27.8 Å². The molecule has 0 spiro atoms. The van der Waals surface area contributed by atoms with Gasteiger partial charge in [0, 0.05) is 168 Å². The lowest BCUT2D eigenvalue weighted by Crippen LogP contribution is -2.54. The number of hydrogen-bond acceptors (Lipinski definition) is 23. The average molecular weight is 1680 g/mol. The summed E-state index contributed by atoms with van der Waals surface area (Å²) in [4.78, 5) is 101. The van der Waals surface area contributed by atoms with Gasteiger partial charge in [-0.05, 0) is 195 Å². The second-order valence-corrected chi connectivity index (χ2v) is 35.1. The van der Waals surface area contributed by atoms with Gasteiger partial charge in [0.2, 0.25) is 0 Å². The van der Waals surface area contributed by atoms with Crippen LogP contribution in [-0.2, 0) is 6.42 Å². The van der Waals surface area contributed by atoms with Gasteiger partial charge in [0.25, 0.3) is 22.2 Å². The number of hydrogen-bond donors (Lipinski definition) is 3. The van der Waals surface area contributed by atoms with Crippen LogP contribution in [0, 0.1) is 55.4 Å². The number of nitrogens with two attached hydrogens (primary N) is 1. The van der Waals surface area contributed by atoms with Crippen LogP contribution in [0.25, 0.3) is 90.1 Å². The largest absolute Gasteiger partial charge is 0.370 e. The second-order valence-electron chi connectivity index (χ2n) is 35.1. The third-order valence-electron chi connectivity index (χ3n) is 24.5. The van der Waals surface area contributed by atoms with Crippen molar-refractivity contribution in [2.75, 3.05) is 85.0 Å². The van der Waals surface area contributed by atoms with Gasteiger partial charge in [-0.25, -0.2) is 33.5 Å². The van der Waals surface area contributed by atoms with Gasteiger partial charge >= 0.3 is 0 Å². The van der Waals surface area contributed by atoms with E-state index in [9.17, 15) is 19.2 Å². The van der Waals surface area contributed by atoms with Crippen molar-refractivity contribution in [3.8, 4) is 45.4 Å². The van der Waals surface area contributed by atoms with Crippen LogP contribution in [-0.4, -0.2) is 197 Å². The van der Waals surface area contributed by atoms with Crippen molar-refractivity contribution < 1.29 is 0 Å². The molecule has 0 saturated carbocycles. The maximum absolute atomic E-state index is 13.1. The van der Waals surface area contributed by atoms with E-state index in [1.165, 1.54) is 0 Å². The number of nitrogens with zero attached hydrogens (tertiary/aromatic N) is 24. The number of aromatic nitrogens is 19. The highest BCUT2D eigenvalue weighted by Gasteiger charge is 2.30. The lowest BCUT2D eigenvalue weighted by Gasteiger charge is -2.43. The predicted molar refractivity (Wildman–Crippen MR) is 494 cm³/mol. The van der Waals surface area contributed by atoms with Gasteiger partial charge in [0.15, 0.2) is 0 Å². The van der Waals surface area contributed by atoms with Crippen LogP contribution in [0.1, 0.15) is 132 Å². The Morgan fingerprint density at radius 3 is 1.44 bits per heavy atom. The van der Waals surface area contributed by atoms with Gasteiger partial charge in [-0.15, -0.1) is 0 Å². The van der Waals surface area contributed by atoms with Crippen molar-refractivity contribution >= 4 is 67.4 Å². The number of pyridine rings is 4. The zero-order chi connectivity index (χ0) is 87.7. The molecule has 16 aromatic heterocycles. The van der Waals surface area contributed by atoms with Crippen LogP contribution in [0.2, 0.25) is 0 Å². The molecule has 4 aliphatic rings. The first-order valence-electron chi connectivity index (χ1n) is 43.6. The molecule has 31 nitrogen and oxygen atoms in total. The molecule has 0 unspecified atom stereocenters. The van der Waals surface area contributed by atoms with Crippen LogP contribution in [0.5, 0.6) is 0 Å². The Bertz CT molecular complexity index is 7070. The maximum atomic E-state index is 13.1. The number of nitrogens with one attached hydrogen (secondary N) is 2. The van der Waals surface area contributed by atoms with Gasteiger partial charge in [-0.1, -0.05) is 20.3 Å². The summed E-state index contributed by atoms with van der Waals surface area (Å²) in [6.45, 7) is 42.6. The highest BCUT2D eigenvalue weighted by atomic mass is 16.1. The fraction of sp³-hybridized carbons (Fsp3) is 0.394. The topological polar surface area (TPSA) is 312 Å². The SMILES string of the molecule is CCCc1nc(C)cn2nc(-c3cc(=O)n4cc(N5C[C@@H](C)N[C@@H](C)C5)ccc4n3)cc12.CC[C@H]1CN(c2cc(C)c3nc(-c4cc5c(C)nc(C)cn5n4)cc(=O)n3c2)CCN1.Cc1cn2cc(-c3cc(=O)n4cc(N5CCC(C)(N)CC5)ccc4n3)cc2c(C)n1.Cc1cn2nc(-c3cc(=O)n4cc(N5CCN(C(C)C)[C@H](C)C5)ccc4n3)cc2c(C)n1. The Hall–Kier alpha value is -13.0. The number of aryl methyl sites for hydroxylation is 9. The monoisotopic (exact) mass is 1680 g/mol. The van der Waals surface area contributed by atoms with Gasteiger partial charge < -0.3 is 40.4 Å². The third-order valence-corrected chi connectivity index (χ3v) is 24.5. The molecule has 4 fully saturated rings. The highest BCUT2D eigenvalue weighted by Crippen LogP contribution is 2.31. The minimum Gasteiger partial charge on any atom is -0.370 e. The molecule has 0 aromatic carbocycles. The van der Waals surface area contributed by atoms with Crippen molar-refractivity contribution in [1.29, 1.82) is 0 Å². The van der Waals surface area contributed by atoms with Crippen molar-refractivity contribution in [3.05, 3.63) is 239 Å². The Labute approximate surface area is 724 Å². The molecule has 4 saturated heterocycles. The molecule has 16 aromatic rings. The number of rotatable bonds is 12. The summed E-state index contributed by atoms with van der Waals surface area (Å²) in [7, 11) is 0. The van der Waals surface area contributed by atoms with Gasteiger partial charge in [-0.2, -0.15) is 15.3 Å². The molecular formula is C94H111N27O4. The predicted octanol–water partition coefficient (Wildman–Crippen LogP) is 11.3. The van der Waals surface area contributed by atoms with Crippen molar-refractivity contribution in [1.82, 2.24) is 106 Å². The summed E-state index contributed by atoms with van der Waals surface area (Å²) in [6, 6.07) is 30.5. The first kappa shape index (κ1) is 84.3. The molecule has 4 atom stereocenters. The third kappa shape index (κ3) is 17.6. The quantitative estimate of drug-likeness (QED) is 0.102. The number of anilines is 4. The maximum Gasteiger partial charge on any atom is 0.258 e. The van der Waals surface area contributed by atoms with Gasteiger partial charge in [-0.3, -0.25) is 61.6 Å². The zero-order valence-corrected chi connectivity index (χ0v) is 74.3. The Morgan fingerprint density at radius 2 is 0.904 bits per heavy atom. The van der Waals surface area contributed by atoms with Crippen molar-refractivity contribution in [3.63, 3.8) is 0 Å². The molecule has 20 rings (SSSR count). The summed E-state index contributed by atoms with van der Waals surface area (Å²) in [6.07, 6.45) is 22.1. The summed E-state index contributed by atoms with van der Waals surface area (Å²) >= 11 is 0. The fourth-order valence-corrected chi connectivity index (χ4v) is 18.2. The van der Waals surface area contributed by atoms with Gasteiger partial charge in [0.05, 0.1) is 132 Å². The molecule has 0 aliphatic carbocycles. The molecule has 0 radical (unpaired) electrons. The Morgan fingerprint density at radius 1 is 0.440 bits per heavy atom. The summed E-state index contributed by atoms with van der Waals surface area (Å²) < 4.78 is 14.0. The Balaban J connectivity index is 0.000000118. The molecule has 125 heavy (non-hydrogen) atoms. The molecule has 0 bridgehead atoms. The number of piperidine rings is 1. The lowest BCUT2D eigenvalue weighted by atomic mass is 9.91. The normalized spacial score (nSPS) is 17.6. The molecule has 646 valence electrons. The lowest BCUT2D eigenvalue weighted by molar-refractivity contribution is 0.148. The van der Waals surface area contributed by atoms with E-state index >= 15 is 0 Å². The van der Waals surface area contributed by atoms with E-state index in [1.807, 2.05) is 175 Å². The first-order valence-corrected chi connectivity index (χ1v) is 43.6. The van der Waals surface area contributed by atoms with Crippen LogP contribution in [0.4, 0.5) is 22.7 Å². The van der Waals surface area contributed by atoms with Crippen LogP contribution < -0.4 is 58.2 Å². The van der Waals surface area contributed by atoms with Crippen molar-refractivity contribution in [2.45, 2.75) is 179 Å². The highest BCUT2D eigenvalue weighted by molar-refractivity contribution is 5.73. The summed E-state index contributed by atoms with van der Waals surface area (Å²) in [5.74, 6) is 0. The van der Waals surface area contributed by atoms with Crippen molar-refractivity contribution in [2.24, 2.45) is 5.73 Å². The number of fused-ring (bicyclic) bond motifs is 8. The van der Waals surface area contributed by atoms with E-state index in [1.54, 1.807) is 50.9 Å². The van der Waals surface area contributed by atoms with E-state index in [4.69, 9.17) is 30.8 Å². The minimum atomic E-state index is -0.108. The standard InChI is InChI=1S/2C24H29N7O.C23H27N7O.C23H26N6O/c1-15(2)29-9-8-28(13-17(29)4)19-6-7-23-26-20(11-24(32)30(23)14-19)21-10-22-18(5)25-16(3)12-31(22)27-21;1-5-6-19-22-9-21(28-31(22)13-17(4)26-19)20-10-24(32)30-14-18(7-8-23(30)27-20)29-11-15(2)25-16(3)12-29;1-5-17-12-28(7-6-24-17)18-8-14(2)23-26-19(10-22(31)29(23)13-18)20-9-21-16(4)25-15(3)11-30(21)27-20;1-15-12-28-13-17(10-20(28)16(2)25-15)19-11-22(30)29-14-18(4-5-21(29)26-19)27-8-6-23(3,24)7-9-27/h6-7,10-12,14-15,17H,8-9,13H2,1-5H3;7-10,13-16,25H,5-6,11-12H2,1-4H3;8-11,13,17,24H,5-7,12H2,1-4H3;4-5,10-14H,6-9,24H2,1-3H3/t17-;15-,16+;17-;/m1.0./s1. The molecule has 20 heterocycles. The van der Waals surface area contributed by atoms with E-state index in [0.717, 1.165) is 199 Å². The Kier molecular flexibility index (Phi) is 23.1. The molecule has 4 N–H and O–H groups in total. The number of piperazine rings is 3. The minimum absolute atomic E-state index is 0.0844. The summed E-state index contributed by atoms with van der Waals surface area (Å²) in [5.41, 5.74) is 30.0. The molecule has 0 amide bonds. The molecule has 31 heteroatoms. The summed E-state index contributed by atoms with van der Waals surface area (Å²) in [5, 5.41) is 21.0. The van der Waals surface area contributed by atoms with E-state index in [0.29, 0.717) is 92.7 Å². The molecule has 4 aliphatic heterocycles. The first-order chi connectivity index (χ1) is 59.9. The van der Waals surface area contributed by atoms with Crippen LogP contribution in [0.15, 0.2) is 166 Å². The van der Waals surface area contributed by atoms with Crippen LogP contribution in [0.3, 0.4) is 0 Å². The van der Waals surface area contributed by atoms with E-state index in [2.05, 4.69) is 133 Å². The average Bonchev–Trinajstić information content (AvgIpc) is 1.77.